The summed E-state index contributed by atoms with van der Waals surface area (Å²) in [5.74, 6) is 0. The number of benzene rings is 1. The summed E-state index contributed by atoms with van der Waals surface area (Å²) in [6.07, 6.45) is -1.16. The zero-order valence-electron chi connectivity index (χ0n) is 9.58. The number of rotatable bonds is 1. The van der Waals surface area contributed by atoms with Crippen LogP contribution in [0.1, 0.15) is 0 Å². The molecule has 0 aliphatic carbocycles. The predicted molar refractivity (Wildman–Crippen MR) is 71.0 cm³/mol. The van der Waals surface area contributed by atoms with Gasteiger partial charge in [-0.25, -0.2) is 0 Å². The molecule has 0 amide bonds. The minimum Gasteiger partial charge on any atom is -0.331 e. The van der Waals surface area contributed by atoms with Gasteiger partial charge in [-0.3, -0.25) is 4.98 Å². The third-order valence-electron chi connectivity index (χ3n) is 2.97. The quantitative estimate of drug-likeness (QED) is 0.642. The van der Waals surface area contributed by atoms with Crippen molar-refractivity contribution in [2.24, 2.45) is 0 Å². The molecule has 3 rings (SSSR count). The van der Waals surface area contributed by atoms with Gasteiger partial charge >= 0.3 is 6.18 Å². The van der Waals surface area contributed by atoms with Crippen LogP contribution >= 0.6 is 15.9 Å². The van der Waals surface area contributed by atoms with E-state index in [0.717, 1.165) is 15.2 Å². The Kier molecular flexibility index (Phi) is 2.78. The Hall–Kier alpha value is -1.56. The fourth-order valence-electron chi connectivity index (χ4n) is 2.27. The molecule has 0 N–H and O–H groups in total. The smallest absolute Gasteiger partial charge is 0.331 e. The number of fused-ring (bicyclic) bond motifs is 3. The molecular formula is C13H8BrF3N2. The number of nitrogens with zero attached hydrogens (tertiary/aromatic N) is 2. The molecule has 0 saturated heterocycles. The highest BCUT2D eigenvalue weighted by atomic mass is 79.9. The van der Waals surface area contributed by atoms with Crippen LogP contribution in [0, 0.1) is 0 Å². The zero-order valence-corrected chi connectivity index (χ0v) is 11.2. The normalized spacial score (nSPS) is 12.4. The van der Waals surface area contributed by atoms with E-state index in [2.05, 4.69) is 20.9 Å². The molecule has 0 atom stereocenters. The summed E-state index contributed by atoms with van der Waals surface area (Å²) in [5.41, 5.74) is 1.10. The average molecular weight is 329 g/mol. The van der Waals surface area contributed by atoms with Crippen LogP contribution in [0.25, 0.3) is 21.8 Å². The van der Waals surface area contributed by atoms with Gasteiger partial charge < -0.3 is 4.57 Å². The standard InChI is InChI=1S/C13H8BrF3N2/c14-8-1-2-11-9(5-8)10-6-18-4-3-12(10)19(11)7-13(15,16)17/h1-6H,7H2. The number of halogens is 4. The van der Waals surface area contributed by atoms with Crippen molar-refractivity contribution in [3.63, 3.8) is 0 Å². The maximum absolute atomic E-state index is 12.7. The maximum atomic E-state index is 12.7. The number of hydrogen-bond acceptors (Lipinski definition) is 1. The molecule has 0 aliphatic heterocycles. The Morgan fingerprint density at radius 3 is 2.58 bits per heavy atom. The molecule has 2 heterocycles. The molecule has 0 unspecified atom stereocenters. The van der Waals surface area contributed by atoms with E-state index in [1.165, 1.54) is 10.8 Å². The largest absolute Gasteiger partial charge is 0.406 e. The van der Waals surface area contributed by atoms with Crippen molar-refractivity contribution in [1.82, 2.24) is 9.55 Å². The molecule has 0 fully saturated rings. The van der Waals surface area contributed by atoms with Crippen molar-refractivity contribution in [1.29, 1.82) is 0 Å². The van der Waals surface area contributed by atoms with Crippen molar-refractivity contribution in [2.75, 3.05) is 0 Å². The molecule has 1 aromatic carbocycles. The molecule has 2 aromatic heterocycles. The summed E-state index contributed by atoms with van der Waals surface area (Å²) >= 11 is 3.34. The van der Waals surface area contributed by atoms with Crippen molar-refractivity contribution >= 4 is 37.7 Å². The van der Waals surface area contributed by atoms with Crippen molar-refractivity contribution in [3.05, 3.63) is 41.1 Å². The predicted octanol–water partition coefficient (Wildman–Crippen LogP) is 4.51. The molecule has 98 valence electrons. The molecular weight excluding hydrogens is 321 g/mol. The van der Waals surface area contributed by atoms with Crippen LogP contribution in [0.2, 0.25) is 0 Å². The molecule has 0 bridgehead atoms. The van der Waals surface area contributed by atoms with E-state index in [4.69, 9.17) is 0 Å². The number of pyridine rings is 1. The summed E-state index contributed by atoms with van der Waals surface area (Å²) in [7, 11) is 0. The lowest BCUT2D eigenvalue weighted by Gasteiger charge is -2.10. The zero-order chi connectivity index (χ0) is 13.6. The van der Waals surface area contributed by atoms with Gasteiger partial charge in [-0.15, -0.1) is 0 Å². The van der Waals surface area contributed by atoms with Crippen molar-refractivity contribution < 1.29 is 13.2 Å². The Morgan fingerprint density at radius 1 is 1.11 bits per heavy atom. The molecule has 0 radical (unpaired) electrons. The number of alkyl halides is 3. The van der Waals surface area contributed by atoms with Crippen LogP contribution in [-0.4, -0.2) is 15.7 Å². The first-order valence-corrected chi connectivity index (χ1v) is 6.33. The summed E-state index contributed by atoms with van der Waals surface area (Å²) in [4.78, 5) is 3.99. The van der Waals surface area contributed by atoms with E-state index in [9.17, 15) is 13.2 Å². The fraction of sp³-hybridized carbons (Fsp3) is 0.154. The lowest BCUT2D eigenvalue weighted by molar-refractivity contribution is -0.139. The van der Waals surface area contributed by atoms with Gasteiger partial charge in [0.1, 0.15) is 6.54 Å². The monoisotopic (exact) mass is 328 g/mol. The first kappa shape index (κ1) is 12.5. The summed E-state index contributed by atoms with van der Waals surface area (Å²) in [6.45, 7) is -1.00. The molecule has 2 nitrogen and oxygen atoms in total. The Labute approximate surface area is 115 Å². The van der Waals surface area contributed by atoms with Crippen LogP contribution in [0.3, 0.4) is 0 Å². The van der Waals surface area contributed by atoms with Crippen molar-refractivity contribution in [3.8, 4) is 0 Å². The van der Waals surface area contributed by atoms with E-state index in [0.29, 0.717) is 11.0 Å². The summed E-state index contributed by atoms with van der Waals surface area (Å²) in [5, 5.41) is 1.49. The highest BCUT2D eigenvalue weighted by molar-refractivity contribution is 9.10. The lowest BCUT2D eigenvalue weighted by Crippen LogP contribution is -2.17. The Balaban J connectivity index is 2.39. The van der Waals surface area contributed by atoms with Gasteiger partial charge in [0.05, 0.1) is 5.52 Å². The van der Waals surface area contributed by atoms with Crippen LogP contribution < -0.4 is 0 Å². The molecule has 6 heteroatoms. The van der Waals surface area contributed by atoms with Crippen LogP contribution in [-0.2, 0) is 6.54 Å². The maximum Gasteiger partial charge on any atom is 0.406 e. The van der Waals surface area contributed by atoms with Gasteiger partial charge in [-0.2, -0.15) is 13.2 Å². The molecule has 0 saturated carbocycles. The molecule has 0 aliphatic rings. The summed E-state index contributed by atoms with van der Waals surface area (Å²) < 4.78 is 40.2. The first-order valence-electron chi connectivity index (χ1n) is 5.54. The van der Waals surface area contributed by atoms with Gasteiger partial charge in [0.25, 0.3) is 0 Å². The third-order valence-corrected chi connectivity index (χ3v) is 3.46. The molecule has 3 aromatic rings. The highest BCUT2D eigenvalue weighted by Gasteiger charge is 2.29. The van der Waals surface area contributed by atoms with E-state index >= 15 is 0 Å². The van der Waals surface area contributed by atoms with Crippen molar-refractivity contribution in [2.45, 2.75) is 12.7 Å². The Morgan fingerprint density at radius 2 is 1.84 bits per heavy atom. The van der Waals surface area contributed by atoms with Gasteiger partial charge in [-0.05, 0) is 24.3 Å². The summed E-state index contributed by atoms with van der Waals surface area (Å²) in [6, 6.07) is 6.84. The fourth-order valence-corrected chi connectivity index (χ4v) is 2.63. The van der Waals surface area contributed by atoms with E-state index in [1.54, 1.807) is 24.4 Å². The first-order chi connectivity index (χ1) is 8.96. The van der Waals surface area contributed by atoms with Gasteiger partial charge in [-0.1, -0.05) is 15.9 Å². The second kappa shape index (κ2) is 4.23. The second-order valence-electron chi connectivity index (χ2n) is 4.26. The van der Waals surface area contributed by atoms with Gasteiger partial charge in [0.2, 0.25) is 0 Å². The van der Waals surface area contributed by atoms with Crippen LogP contribution in [0.5, 0.6) is 0 Å². The molecule has 19 heavy (non-hydrogen) atoms. The van der Waals surface area contributed by atoms with Crippen LogP contribution in [0.15, 0.2) is 41.1 Å². The minimum absolute atomic E-state index is 0.542. The SMILES string of the molecule is FC(F)(F)Cn1c2ccncc2c2cc(Br)ccc21. The van der Waals surface area contributed by atoms with Crippen LogP contribution in [0.4, 0.5) is 13.2 Å². The average Bonchev–Trinajstić information content (AvgIpc) is 2.62. The topological polar surface area (TPSA) is 17.8 Å². The lowest BCUT2D eigenvalue weighted by atomic mass is 10.2. The minimum atomic E-state index is -4.25. The third kappa shape index (κ3) is 2.20. The second-order valence-corrected chi connectivity index (χ2v) is 5.17. The van der Waals surface area contributed by atoms with E-state index < -0.39 is 12.7 Å². The van der Waals surface area contributed by atoms with Gasteiger partial charge in [0.15, 0.2) is 0 Å². The number of hydrogen-bond donors (Lipinski definition) is 0. The van der Waals surface area contributed by atoms with Gasteiger partial charge in [0, 0.05) is 33.2 Å². The van der Waals surface area contributed by atoms with E-state index in [1.807, 2.05) is 6.07 Å². The number of aromatic nitrogens is 2. The van der Waals surface area contributed by atoms with E-state index in [-0.39, 0.29) is 0 Å². The highest BCUT2D eigenvalue weighted by Crippen LogP contribution is 2.32. The Bertz CT molecular complexity index is 761. The molecule has 0 spiro atoms.